The van der Waals surface area contributed by atoms with Crippen LogP contribution in [0.5, 0.6) is 5.75 Å². The van der Waals surface area contributed by atoms with Gasteiger partial charge in [-0.05, 0) is 36.5 Å². The van der Waals surface area contributed by atoms with Crippen molar-refractivity contribution in [1.29, 1.82) is 0 Å². The normalized spacial score (nSPS) is 13.9. The molecular formula is C26H39N9O6. The zero-order chi connectivity index (χ0) is 30.5. The number of aliphatic imine (C=N–C) groups is 1. The van der Waals surface area contributed by atoms with Gasteiger partial charge in [0.1, 0.15) is 23.9 Å². The number of carbonyl (C=O) groups excluding carboxylic acids is 3. The number of aromatic nitrogens is 2. The molecule has 41 heavy (non-hydrogen) atoms. The highest BCUT2D eigenvalue weighted by molar-refractivity contribution is 5.94. The summed E-state index contributed by atoms with van der Waals surface area (Å²) in [6.07, 6.45) is 3.61. The minimum Gasteiger partial charge on any atom is -0.508 e. The number of rotatable bonds is 16. The number of aromatic amines is 1. The third-order valence-electron chi connectivity index (χ3n) is 6.15. The van der Waals surface area contributed by atoms with Gasteiger partial charge in [-0.2, -0.15) is 0 Å². The molecule has 224 valence electrons. The maximum Gasteiger partial charge on any atom is 0.326 e. The number of aliphatic carboxylic acids is 1. The van der Waals surface area contributed by atoms with Crippen LogP contribution in [0.3, 0.4) is 0 Å². The highest BCUT2D eigenvalue weighted by atomic mass is 16.4. The van der Waals surface area contributed by atoms with E-state index in [0.29, 0.717) is 17.7 Å². The highest BCUT2D eigenvalue weighted by Crippen LogP contribution is 2.12. The van der Waals surface area contributed by atoms with Crippen molar-refractivity contribution in [3.8, 4) is 5.75 Å². The summed E-state index contributed by atoms with van der Waals surface area (Å²) in [5.41, 5.74) is 17.7. The Kier molecular flexibility index (Phi) is 12.6. The van der Waals surface area contributed by atoms with Crippen molar-refractivity contribution >= 4 is 29.7 Å². The molecule has 15 heteroatoms. The number of carboxylic acids is 1. The second-order valence-corrected chi connectivity index (χ2v) is 9.90. The Morgan fingerprint density at radius 1 is 0.976 bits per heavy atom. The van der Waals surface area contributed by atoms with Gasteiger partial charge < -0.3 is 48.3 Å². The van der Waals surface area contributed by atoms with Gasteiger partial charge in [0, 0.05) is 31.3 Å². The molecule has 3 amide bonds. The first kappa shape index (κ1) is 32.6. The number of phenolic OH excluding ortho intramolecular Hbond substituents is 1. The van der Waals surface area contributed by atoms with Crippen LogP contribution < -0.4 is 33.2 Å². The van der Waals surface area contributed by atoms with Crippen molar-refractivity contribution in [2.24, 2.45) is 28.1 Å². The number of phenols is 1. The number of amides is 3. The van der Waals surface area contributed by atoms with E-state index in [1.165, 1.54) is 24.7 Å². The Morgan fingerprint density at radius 2 is 1.63 bits per heavy atom. The number of carboxylic acid groups (broad SMARTS) is 1. The summed E-state index contributed by atoms with van der Waals surface area (Å²) < 4.78 is 0. The Balaban J connectivity index is 2.12. The van der Waals surface area contributed by atoms with Gasteiger partial charge in [-0.15, -0.1) is 0 Å². The number of H-pyrrole nitrogens is 1. The first-order valence-electron chi connectivity index (χ1n) is 13.1. The summed E-state index contributed by atoms with van der Waals surface area (Å²) in [6.45, 7) is 3.67. The van der Waals surface area contributed by atoms with E-state index < -0.39 is 53.8 Å². The van der Waals surface area contributed by atoms with Crippen LogP contribution in [0.4, 0.5) is 0 Å². The number of hydrogen-bond donors (Lipinski definition) is 9. The standard InChI is InChI=1S/C26H39N9O6/c1-14(2)21(24(39)34-20(25(40)41)10-15-5-7-17(36)8-6-15)35-23(38)19(11-16-12-30-13-32-16)33-22(37)18(27)4-3-9-31-26(28)29/h5-8,12-14,18-21,36H,3-4,9-11,27H2,1-2H3,(H,30,32)(H,33,37)(H,34,39)(H,35,38)(H,40,41)(H4,28,29,31). The van der Waals surface area contributed by atoms with Gasteiger partial charge in [-0.25, -0.2) is 9.78 Å². The third kappa shape index (κ3) is 11.2. The fourth-order valence-corrected chi connectivity index (χ4v) is 3.87. The first-order valence-corrected chi connectivity index (χ1v) is 13.1. The molecule has 0 aliphatic rings. The van der Waals surface area contributed by atoms with Crippen LogP contribution in [0, 0.1) is 5.92 Å². The minimum absolute atomic E-state index is 0.0240. The smallest absolute Gasteiger partial charge is 0.326 e. The van der Waals surface area contributed by atoms with Crippen molar-refractivity contribution in [1.82, 2.24) is 25.9 Å². The SMILES string of the molecule is CC(C)C(NC(=O)C(Cc1cnc[nH]1)NC(=O)C(N)CCCN=C(N)N)C(=O)NC(Cc1ccc(O)cc1)C(=O)O. The van der Waals surface area contributed by atoms with E-state index in [4.69, 9.17) is 17.2 Å². The average Bonchev–Trinajstić information content (AvgIpc) is 3.42. The molecule has 0 spiro atoms. The van der Waals surface area contributed by atoms with Gasteiger partial charge >= 0.3 is 5.97 Å². The fraction of sp³-hybridized carbons (Fsp3) is 0.462. The molecule has 1 aromatic heterocycles. The molecule has 1 aromatic carbocycles. The zero-order valence-electron chi connectivity index (χ0n) is 23.0. The molecule has 0 radical (unpaired) electrons. The molecule has 1 heterocycles. The Morgan fingerprint density at radius 3 is 2.20 bits per heavy atom. The molecule has 2 rings (SSSR count). The molecule has 4 unspecified atom stereocenters. The minimum atomic E-state index is -1.29. The van der Waals surface area contributed by atoms with Crippen LogP contribution in [0.25, 0.3) is 0 Å². The maximum absolute atomic E-state index is 13.4. The van der Waals surface area contributed by atoms with E-state index in [-0.39, 0.29) is 37.5 Å². The number of nitrogens with one attached hydrogen (secondary N) is 4. The maximum atomic E-state index is 13.4. The van der Waals surface area contributed by atoms with Crippen molar-refractivity contribution in [3.63, 3.8) is 0 Å². The van der Waals surface area contributed by atoms with Crippen molar-refractivity contribution in [2.45, 2.75) is 63.7 Å². The highest BCUT2D eigenvalue weighted by Gasteiger charge is 2.32. The molecule has 12 N–H and O–H groups in total. The Hall–Kier alpha value is -4.66. The first-order chi connectivity index (χ1) is 19.4. The number of nitrogens with two attached hydrogens (primary N) is 3. The van der Waals surface area contributed by atoms with E-state index >= 15 is 0 Å². The monoisotopic (exact) mass is 573 g/mol. The third-order valence-corrected chi connectivity index (χ3v) is 6.15. The van der Waals surface area contributed by atoms with Gasteiger partial charge in [0.25, 0.3) is 0 Å². The van der Waals surface area contributed by atoms with E-state index in [0.717, 1.165) is 0 Å². The molecular weight excluding hydrogens is 534 g/mol. The lowest BCUT2D eigenvalue weighted by molar-refractivity contribution is -0.142. The van der Waals surface area contributed by atoms with Gasteiger partial charge in [-0.1, -0.05) is 26.0 Å². The lowest BCUT2D eigenvalue weighted by Crippen LogP contribution is -2.59. The number of hydrogen-bond acceptors (Lipinski definition) is 8. The number of carbonyl (C=O) groups is 4. The predicted molar refractivity (Wildman–Crippen MR) is 150 cm³/mol. The van der Waals surface area contributed by atoms with Crippen LogP contribution in [-0.4, -0.2) is 80.5 Å². The van der Waals surface area contributed by atoms with E-state index in [1.54, 1.807) is 26.0 Å². The number of aromatic hydroxyl groups is 1. The summed E-state index contributed by atoms with van der Waals surface area (Å²) in [4.78, 5) is 61.8. The van der Waals surface area contributed by atoms with E-state index in [2.05, 4.69) is 30.9 Å². The molecule has 0 bridgehead atoms. The fourth-order valence-electron chi connectivity index (χ4n) is 3.87. The quantitative estimate of drug-likeness (QED) is 0.0635. The molecule has 15 nitrogen and oxygen atoms in total. The van der Waals surface area contributed by atoms with Crippen molar-refractivity contribution < 1.29 is 29.4 Å². The summed E-state index contributed by atoms with van der Waals surface area (Å²) in [6, 6.07) is 1.46. The van der Waals surface area contributed by atoms with Crippen molar-refractivity contribution in [3.05, 3.63) is 48.0 Å². The van der Waals surface area contributed by atoms with Gasteiger partial charge in [0.15, 0.2) is 5.96 Å². The van der Waals surface area contributed by atoms with Crippen LogP contribution in [0.2, 0.25) is 0 Å². The predicted octanol–water partition coefficient (Wildman–Crippen LogP) is -1.52. The molecule has 0 saturated carbocycles. The lowest BCUT2D eigenvalue weighted by Gasteiger charge is -2.27. The molecule has 0 saturated heterocycles. The summed E-state index contributed by atoms with van der Waals surface area (Å²) in [5.74, 6) is -3.70. The van der Waals surface area contributed by atoms with E-state index in [9.17, 15) is 29.4 Å². The summed E-state index contributed by atoms with van der Waals surface area (Å²) in [7, 11) is 0. The second-order valence-electron chi connectivity index (χ2n) is 9.90. The topological polar surface area (TPSA) is 264 Å². The lowest BCUT2D eigenvalue weighted by atomic mass is 10.00. The van der Waals surface area contributed by atoms with Gasteiger partial charge in [-0.3, -0.25) is 19.4 Å². The molecule has 2 aromatic rings. The zero-order valence-corrected chi connectivity index (χ0v) is 23.0. The van der Waals surface area contributed by atoms with E-state index in [1.807, 2.05) is 0 Å². The van der Waals surface area contributed by atoms with Gasteiger partial charge in [0.2, 0.25) is 17.7 Å². The molecule has 0 aliphatic heterocycles. The molecule has 4 atom stereocenters. The van der Waals surface area contributed by atoms with Crippen LogP contribution >= 0.6 is 0 Å². The Bertz CT molecular complexity index is 1180. The Labute approximate surface area is 237 Å². The number of imidazole rings is 1. The molecule has 0 aliphatic carbocycles. The van der Waals surface area contributed by atoms with Crippen LogP contribution in [0.1, 0.15) is 37.9 Å². The van der Waals surface area contributed by atoms with Gasteiger partial charge in [0.05, 0.1) is 12.4 Å². The van der Waals surface area contributed by atoms with Crippen LogP contribution in [0.15, 0.2) is 41.8 Å². The molecule has 0 fully saturated rings. The second kappa shape index (κ2) is 15.8. The number of benzene rings is 1. The van der Waals surface area contributed by atoms with Crippen LogP contribution in [-0.2, 0) is 32.0 Å². The number of guanidine groups is 1. The summed E-state index contributed by atoms with van der Waals surface area (Å²) in [5, 5.41) is 26.9. The average molecular weight is 574 g/mol. The number of nitrogens with zero attached hydrogens (tertiary/aromatic N) is 2. The summed E-state index contributed by atoms with van der Waals surface area (Å²) >= 11 is 0. The van der Waals surface area contributed by atoms with Crippen molar-refractivity contribution in [2.75, 3.05) is 6.54 Å². The largest absolute Gasteiger partial charge is 0.508 e.